The number of anilines is 3. The van der Waals surface area contributed by atoms with Crippen LogP contribution in [-0.2, 0) is 4.79 Å². The molecule has 1 amide bonds. The van der Waals surface area contributed by atoms with Crippen LogP contribution in [0, 0.1) is 0 Å². The maximum absolute atomic E-state index is 11.8. The topological polar surface area (TPSA) is 62.8 Å². The molecule has 3 aromatic carbocycles. The molecule has 2 saturated heterocycles. The van der Waals surface area contributed by atoms with Gasteiger partial charge >= 0.3 is 0 Å². The monoisotopic (exact) mass is 455 g/mol. The molecule has 6 rings (SSSR count). The summed E-state index contributed by atoms with van der Waals surface area (Å²) < 4.78 is 12.2. The molecule has 0 saturated carbocycles. The van der Waals surface area contributed by atoms with Crippen molar-refractivity contribution in [3.05, 3.63) is 60.7 Å². The zero-order valence-corrected chi connectivity index (χ0v) is 19.5. The molecule has 0 aromatic heterocycles. The Morgan fingerprint density at radius 3 is 2.59 bits per heavy atom. The minimum absolute atomic E-state index is 0.0907. The van der Waals surface area contributed by atoms with Gasteiger partial charge in [0.25, 0.3) is 0 Å². The van der Waals surface area contributed by atoms with Gasteiger partial charge in [-0.25, -0.2) is 0 Å². The minimum atomic E-state index is -0.0907. The van der Waals surface area contributed by atoms with Crippen LogP contribution in [0.4, 0.5) is 17.1 Å². The van der Waals surface area contributed by atoms with E-state index in [4.69, 9.17) is 9.47 Å². The van der Waals surface area contributed by atoms with Crippen LogP contribution in [0.3, 0.4) is 0 Å². The van der Waals surface area contributed by atoms with E-state index in [1.807, 2.05) is 36.4 Å². The van der Waals surface area contributed by atoms with Gasteiger partial charge in [-0.3, -0.25) is 4.79 Å². The van der Waals surface area contributed by atoms with Gasteiger partial charge in [-0.05, 0) is 61.6 Å². The number of carbonyl (C=O) groups excluding carboxylic acids is 1. The molecular weight excluding hydrogens is 426 g/mol. The molecular formula is C28H29N3O3. The lowest BCUT2D eigenvalue weighted by molar-refractivity contribution is -0.114. The van der Waals surface area contributed by atoms with Gasteiger partial charge in [-0.1, -0.05) is 30.3 Å². The third kappa shape index (κ3) is 3.59. The van der Waals surface area contributed by atoms with E-state index < -0.39 is 0 Å². The van der Waals surface area contributed by atoms with Crippen LogP contribution in [-0.4, -0.2) is 31.1 Å². The zero-order chi connectivity index (χ0) is 23.2. The number of ether oxygens (including phenoxy) is 2. The zero-order valence-electron chi connectivity index (χ0n) is 19.5. The highest BCUT2D eigenvalue weighted by molar-refractivity contribution is 5.95. The second-order valence-electron chi connectivity index (χ2n) is 9.45. The number of amides is 1. The van der Waals surface area contributed by atoms with Crippen molar-refractivity contribution in [3.63, 3.8) is 0 Å². The minimum Gasteiger partial charge on any atom is -0.493 e. The van der Waals surface area contributed by atoms with Gasteiger partial charge < -0.3 is 25.0 Å². The number of para-hydroxylation sites is 2. The molecule has 2 fully saturated rings. The summed E-state index contributed by atoms with van der Waals surface area (Å²) >= 11 is 0. The molecule has 3 heterocycles. The largest absolute Gasteiger partial charge is 0.493 e. The van der Waals surface area contributed by atoms with Crippen molar-refractivity contribution in [2.75, 3.05) is 17.3 Å². The van der Waals surface area contributed by atoms with Crippen LogP contribution < -0.4 is 25.0 Å². The molecule has 3 aromatic rings. The van der Waals surface area contributed by atoms with Gasteiger partial charge in [0.2, 0.25) is 5.91 Å². The SMILES string of the molecule is COc1cccc2c1Oc1cc(-c3ccccc3NC(C)=O)ccc1N2C1C[C@H]2CC[C@@H](C1)N2. The first kappa shape index (κ1) is 21.1. The average molecular weight is 456 g/mol. The first-order chi connectivity index (χ1) is 16.6. The summed E-state index contributed by atoms with van der Waals surface area (Å²) in [5.41, 5.74) is 4.88. The predicted octanol–water partition coefficient (Wildman–Crippen LogP) is 5.85. The highest BCUT2D eigenvalue weighted by Gasteiger charge is 2.40. The first-order valence-electron chi connectivity index (χ1n) is 12.0. The smallest absolute Gasteiger partial charge is 0.221 e. The second kappa shape index (κ2) is 8.37. The van der Waals surface area contributed by atoms with Crippen molar-refractivity contribution in [3.8, 4) is 28.4 Å². The van der Waals surface area contributed by atoms with E-state index in [2.05, 4.69) is 39.8 Å². The third-order valence-corrected chi connectivity index (χ3v) is 7.23. The lowest BCUT2D eigenvalue weighted by Gasteiger charge is -2.42. The molecule has 6 nitrogen and oxygen atoms in total. The normalized spacial score (nSPS) is 22.4. The molecule has 34 heavy (non-hydrogen) atoms. The van der Waals surface area contributed by atoms with E-state index in [-0.39, 0.29) is 5.91 Å². The van der Waals surface area contributed by atoms with E-state index in [1.165, 1.54) is 19.8 Å². The Kier molecular flexibility index (Phi) is 5.18. The molecule has 1 unspecified atom stereocenters. The highest BCUT2D eigenvalue weighted by Crippen LogP contribution is 2.54. The van der Waals surface area contributed by atoms with Crippen molar-refractivity contribution >= 4 is 23.0 Å². The van der Waals surface area contributed by atoms with E-state index >= 15 is 0 Å². The molecule has 3 aliphatic rings. The van der Waals surface area contributed by atoms with Crippen LogP contribution in [0.15, 0.2) is 60.7 Å². The standard InChI is InChI=1S/C28H29N3O3/c1-17(32)29-23-7-4-3-6-22(23)18-10-13-24-27(14-18)34-28-25(8-5-9-26(28)33-2)31(24)21-15-19-11-12-20(16-21)30-19/h3-10,13-14,19-21,30H,11-12,15-16H2,1-2H3,(H,29,32)/t19-,20+,21?. The highest BCUT2D eigenvalue weighted by atomic mass is 16.5. The molecule has 6 heteroatoms. The van der Waals surface area contributed by atoms with Gasteiger partial charge in [-0.15, -0.1) is 0 Å². The fourth-order valence-corrected chi connectivity index (χ4v) is 5.82. The number of carbonyl (C=O) groups is 1. The van der Waals surface area contributed by atoms with Crippen molar-refractivity contribution in [1.29, 1.82) is 0 Å². The molecule has 0 radical (unpaired) electrons. The number of hydrogen-bond acceptors (Lipinski definition) is 5. The Labute approximate surface area is 199 Å². The van der Waals surface area contributed by atoms with Crippen molar-refractivity contribution in [2.45, 2.75) is 50.7 Å². The van der Waals surface area contributed by atoms with Crippen molar-refractivity contribution in [1.82, 2.24) is 5.32 Å². The van der Waals surface area contributed by atoms with Gasteiger partial charge in [0.05, 0.1) is 18.5 Å². The van der Waals surface area contributed by atoms with Crippen LogP contribution in [0.5, 0.6) is 17.2 Å². The Hall–Kier alpha value is -3.51. The fraction of sp³-hybridized carbons (Fsp3) is 0.321. The third-order valence-electron chi connectivity index (χ3n) is 7.23. The van der Waals surface area contributed by atoms with E-state index in [0.717, 1.165) is 58.3 Å². The van der Waals surface area contributed by atoms with Crippen LogP contribution in [0.2, 0.25) is 0 Å². The molecule has 3 atom stereocenters. The number of piperidine rings is 1. The van der Waals surface area contributed by atoms with Crippen LogP contribution in [0.1, 0.15) is 32.6 Å². The summed E-state index contributed by atoms with van der Waals surface area (Å²) in [5.74, 6) is 2.20. The number of fused-ring (bicyclic) bond motifs is 4. The van der Waals surface area contributed by atoms with Gasteiger partial charge in [0, 0.05) is 36.3 Å². The van der Waals surface area contributed by atoms with E-state index in [9.17, 15) is 4.79 Å². The molecule has 0 spiro atoms. The Morgan fingerprint density at radius 1 is 1.03 bits per heavy atom. The van der Waals surface area contributed by atoms with Crippen LogP contribution >= 0.6 is 0 Å². The Bertz CT molecular complexity index is 1250. The predicted molar refractivity (Wildman–Crippen MR) is 134 cm³/mol. The van der Waals surface area contributed by atoms with Gasteiger partial charge in [0.1, 0.15) is 0 Å². The lowest BCUT2D eigenvalue weighted by Crippen LogP contribution is -2.47. The Balaban J connectivity index is 1.46. The molecule has 0 aliphatic carbocycles. The molecule has 3 aliphatic heterocycles. The number of nitrogens with zero attached hydrogens (tertiary/aromatic N) is 1. The summed E-state index contributed by atoms with van der Waals surface area (Å²) in [5, 5.41) is 6.71. The van der Waals surface area contributed by atoms with Gasteiger partial charge in [-0.2, -0.15) is 0 Å². The number of rotatable bonds is 4. The van der Waals surface area contributed by atoms with E-state index in [0.29, 0.717) is 18.1 Å². The second-order valence-corrected chi connectivity index (χ2v) is 9.45. The van der Waals surface area contributed by atoms with Crippen molar-refractivity contribution < 1.29 is 14.3 Å². The Morgan fingerprint density at radius 2 is 1.82 bits per heavy atom. The molecule has 2 N–H and O–H groups in total. The lowest BCUT2D eigenvalue weighted by atomic mass is 9.95. The number of methoxy groups -OCH3 is 1. The number of benzene rings is 3. The maximum Gasteiger partial charge on any atom is 0.221 e. The summed E-state index contributed by atoms with van der Waals surface area (Å²) in [6, 6.07) is 21.9. The average Bonchev–Trinajstić information content (AvgIpc) is 3.19. The first-order valence-corrected chi connectivity index (χ1v) is 12.0. The quantitative estimate of drug-likeness (QED) is 0.517. The van der Waals surface area contributed by atoms with E-state index in [1.54, 1.807) is 7.11 Å². The number of nitrogens with one attached hydrogen (secondary N) is 2. The van der Waals surface area contributed by atoms with Crippen LogP contribution in [0.25, 0.3) is 11.1 Å². The summed E-state index contributed by atoms with van der Waals surface area (Å²) in [4.78, 5) is 14.2. The summed E-state index contributed by atoms with van der Waals surface area (Å²) in [6.07, 6.45) is 4.73. The van der Waals surface area contributed by atoms with Gasteiger partial charge in [0.15, 0.2) is 17.2 Å². The maximum atomic E-state index is 11.8. The fourth-order valence-electron chi connectivity index (χ4n) is 5.82. The summed E-state index contributed by atoms with van der Waals surface area (Å²) in [6.45, 7) is 1.53. The molecule has 174 valence electrons. The van der Waals surface area contributed by atoms with Crippen molar-refractivity contribution in [2.24, 2.45) is 0 Å². The number of hydrogen-bond donors (Lipinski definition) is 2. The summed E-state index contributed by atoms with van der Waals surface area (Å²) in [7, 11) is 1.68. The molecule has 2 bridgehead atoms.